The van der Waals surface area contributed by atoms with E-state index in [0.29, 0.717) is 5.69 Å². The number of anilines is 1. The summed E-state index contributed by atoms with van der Waals surface area (Å²) in [5.74, 6) is -0.650. The van der Waals surface area contributed by atoms with Crippen molar-refractivity contribution in [3.05, 3.63) is 24.3 Å². The summed E-state index contributed by atoms with van der Waals surface area (Å²) in [5, 5.41) is 2.57. The van der Waals surface area contributed by atoms with Gasteiger partial charge in [0.25, 0.3) is 0 Å². The van der Waals surface area contributed by atoms with E-state index in [4.69, 9.17) is 5.73 Å². The van der Waals surface area contributed by atoms with Crippen LogP contribution in [0, 0.1) is 5.41 Å². The van der Waals surface area contributed by atoms with Gasteiger partial charge in [-0.15, -0.1) is 25.6 Å². The highest BCUT2D eigenvalue weighted by molar-refractivity contribution is 5.95. The molecular weight excluding hydrogens is 297 g/mol. The molecule has 4 nitrogen and oxygen atoms in total. The van der Waals surface area contributed by atoms with E-state index < -0.39 is 11.8 Å². The van der Waals surface area contributed by atoms with Gasteiger partial charge >= 0.3 is 6.36 Å². The molecule has 0 bridgehead atoms. The predicted octanol–water partition coefficient (Wildman–Crippen LogP) is 2.93. The van der Waals surface area contributed by atoms with E-state index in [1.54, 1.807) is 13.8 Å². The largest absolute Gasteiger partial charge is 0.573 e. The van der Waals surface area contributed by atoms with E-state index in [-0.39, 0.29) is 30.6 Å². The first-order valence-corrected chi connectivity index (χ1v) is 5.51. The molecule has 0 saturated carbocycles. The fourth-order valence-electron chi connectivity index (χ4n) is 1.13. The molecule has 0 aliphatic rings. The Morgan fingerprint density at radius 3 is 2.15 bits per heavy atom. The maximum absolute atomic E-state index is 11.9. The summed E-state index contributed by atoms with van der Waals surface area (Å²) >= 11 is 0. The summed E-state index contributed by atoms with van der Waals surface area (Å²) in [5.41, 5.74) is 5.08. The number of rotatable bonds is 4. The Hall–Kier alpha value is -1.47. The van der Waals surface area contributed by atoms with Crippen molar-refractivity contribution in [2.24, 2.45) is 11.1 Å². The topological polar surface area (TPSA) is 64.4 Å². The maximum Gasteiger partial charge on any atom is 0.573 e. The minimum atomic E-state index is -4.73. The first-order valence-electron chi connectivity index (χ1n) is 5.51. The molecule has 1 amide bonds. The van der Waals surface area contributed by atoms with Crippen LogP contribution in [0.5, 0.6) is 5.75 Å². The fourth-order valence-corrected chi connectivity index (χ4v) is 1.13. The van der Waals surface area contributed by atoms with Gasteiger partial charge in [-0.3, -0.25) is 4.79 Å². The number of nitrogens with two attached hydrogens (primary N) is 1. The number of hydrogen-bond donors (Lipinski definition) is 2. The molecule has 0 atom stereocenters. The Labute approximate surface area is 120 Å². The minimum absolute atomic E-state index is 0. The quantitative estimate of drug-likeness (QED) is 0.898. The molecule has 1 rings (SSSR count). The smallest absolute Gasteiger partial charge is 0.406 e. The van der Waals surface area contributed by atoms with Crippen molar-refractivity contribution in [1.29, 1.82) is 0 Å². The Balaban J connectivity index is 0.00000361. The van der Waals surface area contributed by atoms with E-state index in [1.807, 2.05) is 0 Å². The number of carbonyl (C=O) groups is 1. The molecule has 0 spiro atoms. The molecule has 1 aromatic rings. The van der Waals surface area contributed by atoms with E-state index in [0.717, 1.165) is 12.1 Å². The number of amides is 1. The Morgan fingerprint density at radius 2 is 1.75 bits per heavy atom. The van der Waals surface area contributed by atoms with Crippen LogP contribution in [0.4, 0.5) is 18.9 Å². The van der Waals surface area contributed by atoms with Gasteiger partial charge in [0.05, 0.1) is 5.41 Å². The average Bonchev–Trinajstić information content (AvgIpc) is 2.29. The van der Waals surface area contributed by atoms with Crippen LogP contribution < -0.4 is 15.8 Å². The van der Waals surface area contributed by atoms with E-state index in [1.165, 1.54) is 12.1 Å². The molecule has 0 aliphatic heterocycles. The normalized spacial score (nSPS) is 11.5. The molecule has 20 heavy (non-hydrogen) atoms. The SMILES string of the molecule is CC(C)(CN)C(=O)Nc1ccc(OC(F)(F)F)cc1.Cl. The number of carbonyl (C=O) groups excluding carboxylic acids is 1. The average molecular weight is 313 g/mol. The van der Waals surface area contributed by atoms with Crippen molar-refractivity contribution in [2.75, 3.05) is 11.9 Å². The number of nitrogens with one attached hydrogen (secondary N) is 1. The van der Waals surface area contributed by atoms with Crippen molar-refractivity contribution >= 4 is 24.0 Å². The summed E-state index contributed by atoms with van der Waals surface area (Å²) < 4.78 is 39.6. The monoisotopic (exact) mass is 312 g/mol. The zero-order valence-electron chi connectivity index (χ0n) is 11.0. The lowest BCUT2D eigenvalue weighted by molar-refractivity contribution is -0.274. The van der Waals surface area contributed by atoms with Crippen molar-refractivity contribution in [2.45, 2.75) is 20.2 Å². The Morgan fingerprint density at radius 1 is 1.25 bits per heavy atom. The van der Waals surface area contributed by atoms with Crippen LogP contribution in [-0.2, 0) is 4.79 Å². The first-order chi connectivity index (χ1) is 8.64. The summed E-state index contributed by atoms with van der Waals surface area (Å²) in [6.07, 6.45) is -4.73. The molecule has 1 aromatic carbocycles. The van der Waals surface area contributed by atoms with Crippen LogP contribution in [-0.4, -0.2) is 18.8 Å². The summed E-state index contributed by atoms with van der Waals surface area (Å²) in [6.45, 7) is 3.50. The van der Waals surface area contributed by atoms with Gasteiger partial charge in [0.15, 0.2) is 0 Å². The lowest BCUT2D eigenvalue weighted by atomic mass is 9.92. The van der Waals surface area contributed by atoms with Crippen molar-refractivity contribution in [3.8, 4) is 5.75 Å². The molecule has 8 heteroatoms. The second-order valence-corrected chi connectivity index (χ2v) is 4.61. The summed E-state index contributed by atoms with van der Waals surface area (Å²) in [7, 11) is 0. The molecule has 0 saturated heterocycles. The molecule has 0 unspecified atom stereocenters. The van der Waals surface area contributed by atoms with Crippen LogP contribution in [0.1, 0.15) is 13.8 Å². The minimum Gasteiger partial charge on any atom is -0.406 e. The number of benzene rings is 1. The van der Waals surface area contributed by atoms with Gasteiger partial charge in [-0.2, -0.15) is 0 Å². The second kappa shape index (κ2) is 6.81. The maximum atomic E-state index is 11.9. The number of ether oxygens (including phenoxy) is 1. The van der Waals surface area contributed by atoms with E-state index in [2.05, 4.69) is 10.1 Å². The van der Waals surface area contributed by atoms with E-state index in [9.17, 15) is 18.0 Å². The third kappa shape index (κ3) is 5.66. The number of halogens is 4. The molecule has 114 valence electrons. The molecule has 0 aliphatic carbocycles. The van der Waals surface area contributed by atoms with Crippen molar-refractivity contribution in [3.63, 3.8) is 0 Å². The van der Waals surface area contributed by atoms with Crippen LogP contribution in [0.15, 0.2) is 24.3 Å². The highest BCUT2D eigenvalue weighted by atomic mass is 35.5. The lowest BCUT2D eigenvalue weighted by Gasteiger charge is -2.21. The highest BCUT2D eigenvalue weighted by Gasteiger charge is 2.31. The van der Waals surface area contributed by atoms with Crippen molar-refractivity contribution < 1.29 is 22.7 Å². The van der Waals surface area contributed by atoms with Crippen molar-refractivity contribution in [1.82, 2.24) is 0 Å². The van der Waals surface area contributed by atoms with Crippen LogP contribution >= 0.6 is 12.4 Å². The third-order valence-corrected chi connectivity index (χ3v) is 2.47. The van der Waals surface area contributed by atoms with Gasteiger partial charge in [-0.25, -0.2) is 0 Å². The zero-order valence-corrected chi connectivity index (χ0v) is 11.8. The van der Waals surface area contributed by atoms with Gasteiger partial charge in [0.2, 0.25) is 5.91 Å². The standard InChI is InChI=1S/C12H15F3N2O2.ClH/c1-11(2,7-16)10(18)17-8-3-5-9(6-4-8)19-12(13,14)15;/h3-6H,7,16H2,1-2H3,(H,17,18);1H. The lowest BCUT2D eigenvalue weighted by Crippen LogP contribution is -2.37. The highest BCUT2D eigenvalue weighted by Crippen LogP contribution is 2.24. The van der Waals surface area contributed by atoms with Crippen LogP contribution in [0.2, 0.25) is 0 Å². The first kappa shape index (κ1) is 18.5. The zero-order chi connectivity index (χ0) is 14.7. The fraction of sp³-hybridized carbons (Fsp3) is 0.417. The summed E-state index contributed by atoms with van der Waals surface area (Å²) in [6, 6.07) is 4.90. The predicted molar refractivity (Wildman–Crippen MR) is 71.8 cm³/mol. The Kier molecular flexibility index (Phi) is 6.31. The number of alkyl halides is 3. The molecule has 0 radical (unpaired) electrons. The van der Waals surface area contributed by atoms with Gasteiger partial charge in [-0.05, 0) is 38.1 Å². The Bertz CT molecular complexity index is 447. The third-order valence-electron chi connectivity index (χ3n) is 2.47. The van der Waals surface area contributed by atoms with Gasteiger partial charge in [-0.1, -0.05) is 0 Å². The number of hydrogen-bond acceptors (Lipinski definition) is 3. The molecule has 0 aromatic heterocycles. The van der Waals surface area contributed by atoms with Gasteiger partial charge in [0, 0.05) is 12.2 Å². The van der Waals surface area contributed by atoms with Crippen LogP contribution in [0.3, 0.4) is 0 Å². The summed E-state index contributed by atoms with van der Waals surface area (Å²) in [4.78, 5) is 11.8. The molecule has 0 heterocycles. The van der Waals surface area contributed by atoms with Gasteiger partial charge < -0.3 is 15.8 Å². The molecule has 3 N–H and O–H groups in total. The molecular formula is C12H16ClF3N2O2. The van der Waals surface area contributed by atoms with Gasteiger partial charge in [0.1, 0.15) is 5.75 Å². The van der Waals surface area contributed by atoms with Crippen LogP contribution in [0.25, 0.3) is 0 Å². The molecule has 0 fully saturated rings. The van der Waals surface area contributed by atoms with E-state index >= 15 is 0 Å². The second-order valence-electron chi connectivity index (χ2n) is 4.61.